The smallest absolute Gasteiger partial charge is 0.337 e. The van der Waals surface area contributed by atoms with Crippen molar-refractivity contribution in [1.82, 2.24) is 5.06 Å². The zero-order valence-corrected chi connectivity index (χ0v) is 8.83. The van der Waals surface area contributed by atoms with E-state index in [1.54, 1.807) is 0 Å². The highest BCUT2D eigenvalue weighted by molar-refractivity contribution is 7.94. The van der Waals surface area contributed by atoms with Crippen LogP contribution in [-0.4, -0.2) is 37.7 Å². The Balaban J connectivity index is 2.50. The van der Waals surface area contributed by atoms with Crippen LogP contribution in [0.5, 0.6) is 0 Å². The fourth-order valence-corrected chi connectivity index (χ4v) is 1.59. The van der Waals surface area contributed by atoms with Gasteiger partial charge in [0.05, 0.1) is 6.54 Å². The largest absolute Gasteiger partial charge is 0.347 e. The average Bonchev–Trinajstić information content (AvgIpc) is 2.51. The van der Waals surface area contributed by atoms with Crippen LogP contribution in [0.25, 0.3) is 0 Å². The molecule has 0 aromatic rings. The maximum atomic E-state index is 11.1. The molecule has 0 atom stereocenters. The van der Waals surface area contributed by atoms with Gasteiger partial charge >= 0.3 is 5.97 Å². The summed E-state index contributed by atoms with van der Waals surface area (Å²) < 4.78 is 21.9. The molecule has 1 aliphatic heterocycles. The van der Waals surface area contributed by atoms with Crippen molar-refractivity contribution in [3.8, 4) is 0 Å². The van der Waals surface area contributed by atoms with Gasteiger partial charge in [0.1, 0.15) is 0 Å². The fraction of sp³-hybridized carbons (Fsp3) is 0.500. The van der Waals surface area contributed by atoms with Gasteiger partial charge < -0.3 is 4.84 Å². The van der Waals surface area contributed by atoms with Gasteiger partial charge in [-0.25, -0.2) is 13.2 Å². The van der Waals surface area contributed by atoms with Gasteiger partial charge in [0.15, 0.2) is 15.6 Å². The molecule has 1 fully saturated rings. The van der Waals surface area contributed by atoms with E-state index >= 15 is 0 Å². The molecule has 0 radical (unpaired) electrons. The molecule has 0 unspecified atom stereocenters. The molecule has 7 heteroatoms. The Bertz CT molecular complexity index is 386. The third kappa shape index (κ3) is 3.35. The van der Waals surface area contributed by atoms with Crippen LogP contribution < -0.4 is 0 Å². The number of hydrogen-bond donors (Lipinski definition) is 0. The van der Waals surface area contributed by atoms with E-state index in [1.165, 1.54) is 0 Å². The first-order valence-corrected chi connectivity index (χ1v) is 6.02. The van der Waals surface area contributed by atoms with Crippen LogP contribution in [-0.2, 0) is 24.3 Å². The van der Waals surface area contributed by atoms with Gasteiger partial charge in [0, 0.05) is 11.8 Å². The van der Waals surface area contributed by atoms with Crippen LogP contribution in [0.4, 0.5) is 0 Å². The summed E-state index contributed by atoms with van der Waals surface area (Å²) in [5.41, 5.74) is 0. The number of carbonyl (C=O) groups is 2. The van der Waals surface area contributed by atoms with Gasteiger partial charge in [-0.05, 0) is 6.42 Å². The van der Waals surface area contributed by atoms with Crippen molar-refractivity contribution in [3.63, 3.8) is 0 Å². The highest BCUT2D eigenvalue weighted by atomic mass is 32.2. The molecule has 1 amide bonds. The first-order valence-electron chi connectivity index (χ1n) is 4.31. The molecule has 0 aromatic carbocycles. The molecular weight excluding hydrogens is 222 g/mol. The number of amides is 1. The lowest BCUT2D eigenvalue weighted by atomic mass is 10.4. The zero-order valence-electron chi connectivity index (χ0n) is 8.01. The number of rotatable bonds is 4. The van der Waals surface area contributed by atoms with E-state index in [0.29, 0.717) is 24.8 Å². The van der Waals surface area contributed by atoms with Crippen molar-refractivity contribution in [2.45, 2.75) is 12.8 Å². The van der Waals surface area contributed by atoms with Gasteiger partial charge in [0.25, 0.3) is 5.91 Å². The Morgan fingerprint density at radius 1 is 1.60 bits per heavy atom. The fourth-order valence-electron chi connectivity index (χ4n) is 1.09. The molecule has 1 heterocycles. The van der Waals surface area contributed by atoms with Crippen molar-refractivity contribution >= 4 is 21.7 Å². The maximum Gasteiger partial charge on any atom is 0.347 e. The average molecular weight is 233 g/mol. The molecule has 0 bridgehead atoms. The van der Waals surface area contributed by atoms with Gasteiger partial charge in [-0.2, -0.15) is 5.06 Å². The monoisotopic (exact) mass is 233 g/mol. The Hall–Kier alpha value is -1.37. The summed E-state index contributed by atoms with van der Waals surface area (Å²) in [7, 11) is -3.63. The first-order chi connectivity index (χ1) is 6.94. The summed E-state index contributed by atoms with van der Waals surface area (Å²) in [5.74, 6) is -2.06. The van der Waals surface area contributed by atoms with Crippen LogP contribution in [0, 0.1) is 0 Å². The second kappa shape index (κ2) is 4.43. The van der Waals surface area contributed by atoms with Crippen LogP contribution >= 0.6 is 0 Å². The number of carbonyl (C=O) groups excluding carboxylic acids is 2. The van der Waals surface area contributed by atoms with E-state index in [0.717, 1.165) is 5.06 Å². The first kappa shape index (κ1) is 11.7. The third-order valence-electron chi connectivity index (χ3n) is 1.81. The normalized spacial score (nSPS) is 16.5. The molecule has 6 nitrogen and oxygen atoms in total. The van der Waals surface area contributed by atoms with E-state index in [2.05, 4.69) is 11.4 Å². The van der Waals surface area contributed by atoms with Crippen molar-refractivity contribution in [2.75, 3.05) is 12.3 Å². The molecule has 0 saturated carbocycles. The second-order valence-electron chi connectivity index (χ2n) is 3.04. The highest BCUT2D eigenvalue weighted by Gasteiger charge is 2.25. The number of nitrogens with zero attached hydrogens (tertiary/aromatic N) is 1. The SMILES string of the molecule is C=CS(=O)(=O)CC(=O)ON1CCCC1=O. The minimum absolute atomic E-state index is 0.306. The minimum Gasteiger partial charge on any atom is -0.337 e. The van der Waals surface area contributed by atoms with Crippen molar-refractivity contribution in [1.29, 1.82) is 0 Å². The third-order valence-corrected chi connectivity index (χ3v) is 2.96. The molecule has 0 aromatic heterocycles. The van der Waals surface area contributed by atoms with E-state index in [4.69, 9.17) is 0 Å². The molecule has 84 valence electrons. The van der Waals surface area contributed by atoms with Gasteiger partial charge in [-0.3, -0.25) is 4.79 Å². The number of hydrogen-bond acceptors (Lipinski definition) is 5. The Morgan fingerprint density at radius 3 is 2.73 bits per heavy atom. The highest BCUT2D eigenvalue weighted by Crippen LogP contribution is 2.10. The van der Waals surface area contributed by atoms with Crippen LogP contribution in [0.3, 0.4) is 0 Å². The minimum atomic E-state index is -3.63. The van der Waals surface area contributed by atoms with Gasteiger partial charge in [-0.1, -0.05) is 6.58 Å². The van der Waals surface area contributed by atoms with E-state index < -0.39 is 21.6 Å². The molecule has 0 N–H and O–H groups in total. The van der Waals surface area contributed by atoms with E-state index in [-0.39, 0.29) is 5.91 Å². The van der Waals surface area contributed by atoms with Crippen LogP contribution in [0.15, 0.2) is 12.0 Å². The summed E-state index contributed by atoms with van der Waals surface area (Å²) in [6.45, 7) is 3.37. The lowest BCUT2D eigenvalue weighted by Gasteiger charge is -2.13. The standard InChI is InChI=1S/C8H11NO5S/c1-2-15(12,13)6-8(11)14-9-5-3-4-7(9)10/h2H,1,3-6H2. The van der Waals surface area contributed by atoms with Crippen molar-refractivity contribution < 1.29 is 22.8 Å². The lowest BCUT2D eigenvalue weighted by molar-refractivity contribution is -0.190. The number of sulfone groups is 1. The zero-order chi connectivity index (χ0) is 11.5. The molecule has 0 spiro atoms. The Kier molecular flexibility index (Phi) is 3.46. The van der Waals surface area contributed by atoms with Crippen LogP contribution in [0.2, 0.25) is 0 Å². The maximum absolute atomic E-state index is 11.1. The summed E-state index contributed by atoms with van der Waals surface area (Å²) >= 11 is 0. The molecule has 15 heavy (non-hydrogen) atoms. The summed E-state index contributed by atoms with van der Waals surface area (Å²) in [5, 5.41) is 1.57. The van der Waals surface area contributed by atoms with E-state index in [9.17, 15) is 18.0 Å². The summed E-state index contributed by atoms with van der Waals surface area (Å²) in [6, 6.07) is 0. The Morgan fingerprint density at radius 2 is 2.27 bits per heavy atom. The van der Waals surface area contributed by atoms with Crippen molar-refractivity contribution in [2.24, 2.45) is 0 Å². The Labute approximate surface area is 87.4 Å². The molecule has 1 saturated heterocycles. The number of hydroxylamine groups is 2. The second-order valence-corrected chi connectivity index (χ2v) is 4.98. The van der Waals surface area contributed by atoms with Crippen molar-refractivity contribution in [3.05, 3.63) is 12.0 Å². The lowest BCUT2D eigenvalue weighted by Crippen LogP contribution is -2.31. The van der Waals surface area contributed by atoms with Gasteiger partial charge in [-0.15, -0.1) is 0 Å². The molecule has 1 aliphatic rings. The van der Waals surface area contributed by atoms with Crippen LogP contribution in [0.1, 0.15) is 12.8 Å². The molecule has 1 rings (SSSR count). The summed E-state index contributed by atoms with van der Waals surface area (Å²) in [6.07, 6.45) is 0.932. The summed E-state index contributed by atoms with van der Waals surface area (Å²) in [4.78, 5) is 26.7. The van der Waals surface area contributed by atoms with Gasteiger partial charge in [0.2, 0.25) is 0 Å². The predicted octanol–water partition coefficient (Wildman–Crippen LogP) is -0.375. The molecule has 0 aliphatic carbocycles. The molecular formula is C8H11NO5S. The quantitative estimate of drug-likeness (QED) is 0.661. The van der Waals surface area contributed by atoms with E-state index in [1.807, 2.05) is 0 Å². The topological polar surface area (TPSA) is 80.8 Å². The predicted molar refractivity (Wildman–Crippen MR) is 51.0 cm³/mol.